The fourth-order valence-electron chi connectivity index (χ4n) is 2.90. The van der Waals surface area contributed by atoms with Crippen LogP contribution in [0.15, 0.2) is 85.1 Å². The van der Waals surface area contributed by atoms with Crippen molar-refractivity contribution < 1.29 is 0 Å². The van der Waals surface area contributed by atoms with Gasteiger partial charge in [-0.15, -0.1) is 0 Å². The Labute approximate surface area is 135 Å². The predicted octanol–water partition coefficient (Wildman–Crippen LogP) is 5.15. The monoisotopic (exact) mass is 296 g/mol. The molecule has 0 unspecified atom stereocenters. The third-order valence-electron chi connectivity index (χ3n) is 4.11. The summed E-state index contributed by atoms with van der Waals surface area (Å²) in [6.07, 6.45) is 1.76. The number of nitrogens with zero attached hydrogens (tertiary/aromatic N) is 1. The Bertz CT molecular complexity index is 958. The predicted molar refractivity (Wildman–Crippen MR) is 97.0 cm³/mol. The summed E-state index contributed by atoms with van der Waals surface area (Å²) in [6.45, 7) is 0. The number of pyridine rings is 1. The third-order valence-corrected chi connectivity index (χ3v) is 4.11. The molecule has 2 N–H and O–H groups in total. The van der Waals surface area contributed by atoms with Gasteiger partial charge in [-0.3, -0.25) is 4.98 Å². The molecule has 1 aromatic heterocycles. The number of hydrogen-bond acceptors (Lipinski definition) is 2. The molecule has 0 atom stereocenters. The second kappa shape index (κ2) is 5.58. The standard InChI is InChI=1S/C21H16N2/c22-20-13-14-23-21-18(7-4-8-19(20)21)17-11-9-16(10-12-17)15-5-2-1-3-6-15/h1-14H,(H2,22,23). The van der Waals surface area contributed by atoms with Gasteiger partial charge in [-0.25, -0.2) is 0 Å². The fraction of sp³-hybridized carbons (Fsp3) is 0. The van der Waals surface area contributed by atoms with Gasteiger partial charge in [0.15, 0.2) is 0 Å². The molecule has 0 aliphatic rings. The zero-order chi connectivity index (χ0) is 15.6. The molecular weight excluding hydrogens is 280 g/mol. The summed E-state index contributed by atoms with van der Waals surface area (Å²) >= 11 is 0. The summed E-state index contributed by atoms with van der Waals surface area (Å²) in [5, 5.41) is 0.997. The lowest BCUT2D eigenvalue weighted by Gasteiger charge is -2.09. The van der Waals surface area contributed by atoms with Crippen LogP contribution in [0.5, 0.6) is 0 Å². The van der Waals surface area contributed by atoms with Crippen molar-refractivity contribution in [2.75, 3.05) is 5.73 Å². The second-order valence-electron chi connectivity index (χ2n) is 5.55. The molecule has 0 saturated carbocycles. The summed E-state index contributed by atoms with van der Waals surface area (Å²) < 4.78 is 0. The van der Waals surface area contributed by atoms with E-state index in [2.05, 4.69) is 59.6 Å². The molecule has 0 radical (unpaired) electrons. The average molecular weight is 296 g/mol. The molecule has 0 bridgehead atoms. The number of anilines is 1. The van der Waals surface area contributed by atoms with Crippen LogP contribution in [0.25, 0.3) is 33.2 Å². The van der Waals surface area contributed by atoms with Crippen LogP contribution < -0.4 is 5.73 Å². The van der Waals surface area contributed by atoms with E-state index in [1.54, 1.807) is 6.20 Å². The topological polar surface area (TPSA) is 38.9 Å². The van der Waals surface area contributed by atoms with Crippen LogP contribution >= 0.6 is 0 Å². The molecular formula is C21H16N2. The Morgan fingerprint density at radius 3 is 2.09 bits per heavy atom. The van der Waals surface area contributed by atoms with Crippen LogP contribution in [0.1, 0.15) is 0 Å². The Morgan fingerprint density at radius 1 is 0.609 bits per heavy atom. The van der Waals surface area contributed by atoms with Crippen LogP contribution in [0.2, 0.25) is 0 Å². The highest BCUT2D eigenvalue weighted by Gasteiger charge is 2.07. The van der Waals surface area contributed by atoms with Gasteiger partial charge in [0.05, 0.1) is 5.52 Å². The van der Waals surface area contributed by atoms with Crippen molar-refractivity contribution in [2.24, 2.45) is 0 Å². The van der Waals surface area contributed by atoms with Crippen molar-refractivity contribution in [1.82, 2.24) is 4.98 Å². The summed E-state index contributed by atoms with van der Waals surface area (Å²) in [4.78, 5) is 4.52. The van der Waals surface area contributed by atoms with E-state index in [9.17, 15) is 0 Å². The first-order valence-electron chi connectivity index (χ1n) is 7.62. The van der Waals surface area contributed by atoms with Crippen molar-refractivity contribution in [1.29, 1.82) is 0 Å². The highest BCUT2D eigenvalue weighted by molar-refractivity contribution is 5.99. The fourth-order valence-corrected chi connectivity index (χ4v) is 2.90. The summed E-state index contributed by atoms with van der Waals surface area (Å²) in [6, 6.07) is 26.9. The van der Waals surface area contributed by atoms with Crippen LogP contribution in [0, 0.1) is 0 Å². The number of hydrogen-bond donors (Lipinski definition) is 1. The van der Waals surface area contributed by atoms with Gasteiger partial charge in [-0.1, -0.05) is 72.8 Å². The minimum absolute atomic E-state index is 0.762. The molecule has 2 nitrogen and oxygen atoms in total. The van der Waals surface area contributed by atoms with Gasteiger partial charge >= 0.3 is 0 Å². The van der Waals surface area contributed by atoms with Gasteiger partial charge in [0.25, 0.3) is 0 Å². The highest BCUT2D eigenvalue weighted by Crippen LogP contribution is 2.31. The Hall–Kier alpha value is -3.13. The lowest BCUT2D eigenvalue weighted by atomic mass is 9.98. The van der Waals surface area contributed by atoms with Crippen LogP contribution in [-0.2, 0) is 0 Å². The quantitative estimate of drug-likeness (QED) is 0.555. The molecule has 0 saturated heterocycles. The maximum absolute atomic E-state index is 6.06. The second-order valence-corrected chi connectivity index (χ2v) is 5.55. The van der Waals surface area contributed by atoms with Crippen LogP contribution in [0.4, 0.5) is 5.69 Å². The lowest BCUT2D eigenvalue weighted by Crippen LogP contribution is -1.90. The Kier molecular flexibility index (Phi) is 3.28. The first-order chi connectivity index (χ1) is 11.3. The van der Waals surface area contributed by atoms with Gasteiger partial charge in [0.2, 0.25) is 0 Å². The molecule has 1 heterocycles. The van der Waals surface area contributed by atoms with Crippen molar-refractivity contribution in [3.63, 3.8) is 0 Å². The number of nitrogen functional groups attached to an aromatic ring is 1. The molecule has 0 fully saturated rings. The SMILES string of the molecule is Nc1ccnc2c(-c3ccc(-c4ccccc4)cc3)cccc12. The van der Waals surface area contributed by atoms with Gasteiger partial charge in [0, 0.05) is 22.8 Å². The smallest absolute Gasteiger partial charge is 0.0800 e. The van der Waals surface area contributed by atoms with E-state index in [-0.39, 0.29) is 0 Å². The number of fused-ring (bicyclic) bond motifs is 1. The average Bonchev–Trinajstić information content (AvgIpc) is 2.63. The van der Waals surface area contributed by atoms with E-state index in [0.29, 0.717) is 0 Å². The molecule has 4 aromatic rings. The molecule has 0 spiro atoms. The Balaban J connectivity index is 1.82. The van der Waals surface area contributed by atoms with E-state index >= 15 is 0 Å². The number of benzene rings is 3. The van der Waals surface area contributed by atoms with Crippen LogP contribution in [-0.4, -0.2) is 4.98 Å². The number of rotatable bonds is 2. The van der Waals surface area contributed by atoms with E-state index in [1.165, 1.54) is 11.1 Å². The van der Waals surface area contributed by atoms with Gasteiger partial charge in [-0.05, 0) is 22.8 Å². The van der Waals surface area contributed by atoms with Crippen molar-refractivity contribution in [3.05, 3.63) is 85.1 Å². The van der Waals surface area contributed by atoms with Gasteiger partial charge < -0.3 is 5.73 Å². The zero-order valence-corrected chi connectivity index (χ0v) is 12.6. The molecule has 4 rings (SSSR count). The molecule has 3 aromatic carbocycles. The van der Waals surface area contributed by atoms with Gasteiger partial charge in [0.1, 0.15) is 0 Å². The normalized spacial score (nSPS) is 10.8. The minimum atomic E-state index is 0.762. The molecule has 2 heteroatoms. The third kappa shape index (κ3) is 2.44. The first kappa shape index (κ1) is 13.5. The first-order valence-corrected chi connectivity index (χ1v) is 7.62. The van der Waals surface area contributed by atoms with E-state index in [1.807, 2.05) is 24.3 Å². The van der Waals surface area contributed by atoms with Crippen molar-refractivity contribution >= 4 is 16.6 Å². The highest BCUT2D eigenvalue weighted by atomic mass is 14.7. The zero-order valence-electron chi connectivity index (χ0n) is 12.6. The molecule has 110 valence electrons. The minimum Gasteiger partial charge on any atom is -0.398 e. The molecule has 0 aliphatic heterocycles. The number of para-hydroxylation sites is 1. The summed E-state index contributed by atoms with van der Waals surface area (Å²) in [7, 11) is 0. The van der Waals surface area contributed by atoms with Crippen molar-refractivity contribution in [2.45, 2.75) is 0 Å². The molecule has 0 aliphatic carbocycles. The maximum Gasteiger partial charge on any atom is 0.0800 e. The molecule has 23 heavy (non-hydrogen) atoms. The van der Waals surface area contributed by atoms with E-state index in [0.717, 1.165) is 27.7 Å². The largest absolute Gasteiger partial charge is 0.398 e. The lowest BCUT2D eigenvalue weighted by molar-refractivity contribution is 1.41. The number of nitrogens with two attached hydrogens (primary N) is 1. The van der Waals surface area contributed by atoms with E-state index < -0.39 is 0 Å². The Morgan fingerprint density at radius 2 is 1.30 bits per heavy atom. The summed E-state index contributed by atoms with van der Waals surface area (Å²) in [5.41, 5.74) is 12.5. The van der Waals surface area contributed by atoms with Gasteiger partial charge in [-0.2, -0.15) is 0 Å². The van der Waals surface area contributed by atoms with Crippen molar-refractivity contribution in [3.8, 4) is 22.3 Å². The molecule has 0 amide bonds. The summed E-state index contributed by atoms with van der Waals surface area (Å²) in [5.74, 6) is 0. The van der Waals surface area contributed by atoms with Crippen LogP contribution in [0.3, 0.4) is 0 Å². The number of aromatic nitrogens is 1. The maximum atomic E-state index is 6.06. The van der Waals surface area contributed by atoms with E-state index in [4.69, 9.17) is 5.73 Å².